The Kier molecular flexibility index (Phi) is 4.73. The number of nitrogens with zero attached hydrogens (tertiary/aromatic N) is 1. The Morgan fingerprint density at radius 3 is 2.00 bits per heavy atom. The van der Waals surface area contributed by atoms with Gasteiger partial charge in [-0.05, 0) is 43.7 Å². The van der Waals surface area contributed by atoms with Crippen LogP contribution < -0.4 is 0 Å². The first kappa shape index (κ1) is 13.8. The van der Waals surface area contributed by atoms with Crippen LogP contribution in [0, 0.1) is 0 Å². The minimum Gasteiger partial charge on any atom is -0.241 e. The third-order valence-electron chi connectivity index (χ3n) is 3.54. The molecule has 0 aliphatic heterocycles. The summed E-state index contributed by atoms with van der Waals surface area (Å²) in [6.45, 7) is 2.23. The van der Waals surface area contributed by atoms with Gasteiger partial charge in [-0.1, -0.05) is 42.0 Å². The third kappa shape index (κ3) is 4.51. The number of benzene rings is 1. The number of aryl methyl sites for hydroxylation is 2. The lowest BCUT2D eigenvalue weighted by atomic mass is 9.98. The maximum Gasteiger partial charge on any atom is 0.166 e. The standard InChI is InChI=1S/C18H24N/c1-15-4-6-16-8-10-17(11-9-16)12-13-18(7-5-15)14-19(2)3/h5,7-11,14H,4,6,12-13H2,1-3H3/q+1. The molecule has 0 saturated carbocycles. The van der Waals surface area contributed by atoms with Crippen LogP contribution in [0.3, 0.4) is 0 Å². The molecule has 0 N–H and O–H groups in total. The molecule has 1 aromatic rings. The van der Waals surface area contributed by atoms with E-state index in [1.807, 2.05) is 0 Å². The molecule has 0 radical (unpaired) electrons. The lowest BCUT2D eigenvalue weighted by Crippen LogP contribution is -2.02. The van der Waals surface area contributed by atoms with Crippen LogP contribution >= 0.6 is 0 Å². The summed E-state index contributed by atoms with van der Waals surface area (Å²) in [7, 11) is 4.17. The van der Waals surface area contributed by atoms with E-state index in [0.29, 0.717) is 0 Å². The molecule has 3 rings (SSSR count). The molecule has 19 heavy (non-hydrogen) atoms. The van der Waals surface area contributed by atoms with Crippen LogP contribution in [-0.2, 0) is 12.8 Å². The Hall–Kier alpha value is -1.63. The average Bonchev–Trinajstić information content (AvgIpc) is 2.38. The van der Waals surface area contributed by atoms with E-state index in [9.17, 15) is 0 Å². The summed E-state index contributed by atoms with van der Waals surface area (Å²) in [5.41, 5.74) is 5.73. The highest BCUT2D eigenvalue weighted by atomic mass is 14.9. The summed E-state index contributed by atoms with van der Waals surface area (Å²) in [4.78, 5) is 0. The predicted octanol–water partition coefficient (Wildman–Crippen LogP) is 3.78. The van der Waals surface area contributed by atoms with Crippen LogP contribution in [0.5, 0.6) is 0 Å². The Labute approximate surface area is 117 Å². The molecule has 0 unspecified atom stereocenters. The molecule has 0 aromatic heterocycles. The van der Waals surface area contributed by atoms with Gasteiger partial charge in [-0.15, -0.1) is 0 Å². The van der Waals surface area contributed by atoms with Crippen molar-refractivity contribution in [3.8, 4) is 0 Å². The van der Waals surface area contributed by atoms with Gasteiger partial charge in [-0.25, -0.2) is 4.58 Å². The van der Waals surface area contributed by atoms with Crippen LogP contribution in [0.1, 0.15) is 30.9 Å². The Morgan fingerprint density at radius 2 is 1.42 bits per heavy atom. The number of hydrogen-bond acceptors (Lipinski definition) is 0. The number of hydrogen-bond donors (Lipinski definition) is 0. The number of rotatable bonds is 1. The van der Waals surface area contributed by atoms with Crippen LogP contribution in [0.15, 0.2) is 47.6 Å². The zero-order valence-corrected chi connectivity index (χ0v) is 12.3. The molecule has 0 atom stereocenters. The van der Waals surface area contributed by atoms with Crippen molar-refractivity contribution in [2.75, 3.05) is 14.1 Å². The van der Waals surface area contributed by atoms with Gasteiger partial charge in [0.05, 0.1) is 0 Å². The summed E-state index contributed by atoms with van der Waals surface area (Å²) in [5.74, 6) is 0. The highest BCUT2D eigenvalue weighted by Crippen LogP contribution is 2.15. The average molecular weight is 254 g/mol. The minimum atomic E-state index is 1.10. The van der Waals surface area contributed by atoms with Gasteiger partial charge in [0.2, 0.25) is 0 Å². The molecular formula is C18H24N+. The largest absolute Gasteiger partial charge is 0.241 e. The molecule has 2 aliphatic rings. The molecule has 2 bridgehead atoms. The lowest BCUT2D eigenvalue weighted by molar-refractivity contribution is -0.459. The molecule has 0 heterocycles. The van der Waals surface area contributed by atoms with Crippen LogP contribution in [0.4, 0.5) is 0 Å². The second-order valence-electron chi connectivity index (χ2n) is 5.66. The topological polar surface area (TPSA) is 3.01 Å². The molecule has 0 fully saturated rings. The first-order valence-electron chi connectivity index (χ1n) is 7.09. The van der Waals surface area contributed by atoms with Crippen molar-refractivity contribution >= 4 is 6.21 Å². The highest BCUT2D eigenvalue weighted by molar-refractivity contribution is 5.74. The van der Waals surface area contributed by atoms with Gasteiger partial charge in [0, 0.05) is 5.57 Å². The summed E-state index contributed by atoms with van der Waals surface area (Å²) in [6, 6.07) is 9.12. The molecule has 1 heteroatoms. The molecule has 0 saturated heterocycles. The van der Waals surface area contributed by atoms with E-state index < -0.39 is 0 Å². The molecule has 1 aromatic carbocycles. The van der Waals surface area contributed by atoms with Gasteiger partial charge in [0.25, 0.3) is 0 Å². The van der Waals surface area contributed by atoms with Crippen molar-refractivity contribution in [1.29, 1.82) is 0 Å². The fourth-order valence-electron chi connectivity index (χ4n) is 2.36. The Morgan fingerprint density at radius 1 is 0.842 bits per heavy atom. The normalized spacial score (nSPS) is 15.9. The molecule has 0 spiro atoms. The second kappa shape index (κ2) is 6.51. The summed E-state index contributed by atoms with van der Waals surface area (Å²) in [5, 5.41) is 0. The van der Waals surface area contributed by atoms with Crippen molar-refractivity contribution in [3.63, 3.8) is 0 Å². The third-order valence-corrected chi connectivity index (χ3v) is 3.54. The number of fused-ring (bicyclic) bond motifs is 7. The predicted molar refractivity (Wildman–Crippen MR) is 83.1 cm³/mol. The van der Waals surface area contributed by atoms with E-state index in [4.69, 9.17) is 0 Å². The van der Waals surface area contributed by atoms with E-state index in [-0.39, 0.29) is 0 Å². The fraction of sp³-hybridized carbons (Fsp3) is 0.389. The zero-order valence-electron chi connectivity index (χ0n) is 12.3. The van der Waals surface area contributed by atoms with Gasteiger partial charge in [0.15, 0.2) is 6.21 Å². The second-order valence-corrected chi connectivity index (χ2v) is 5.66. The maximum absolute atomic E-state index is 2.28. The van der Waals surface area contributed by atoms with E-state index in [0.717, 1.165) is 25.7 Å². The van der Waals surface area contributed by atoms with Crippen molar-refractivity contribution in [3.05, 3.63) is 58.7 Å². The maximum atomic E-state index is 2.28. The first-order chi connectivity index (χ1) is 9.13. The van der Waals surface area contributed by atoms with Gasteiger partial charge < -0.3 is 0 Å². The lowest BCUT2D eigenvalue weighted by Gasteiger charge is -2.07. The Balaban J connectivity index is 2.27. The van der Waals surface area contributed by atoms with Crippen LogP contribution in [0.2, 0.25) is 0 Å². The molecule has 1 nitrogen and oxygen atoms in total. The van der Waals surface area contributed by atoms with Crippen molar-refractivity contribution < 1.29 is 4.58 Å². The van der Waals surface area contributed by atoms with E-state index in [1.54, 1.807) is 0 Å². The SMILES string of the molecule is CC1=CC=C(C=[N+](C)C)CCc2ccc(cc2)CC1. The van der Waals surface area contributed by atoms with Gasteiger partial charge in [0.1, 0.15) is 14.1 Å². The monoisotopic (exact) mass is 254 g/mol. The number of allylic oxidation sites excluding steroid dienone is 4. The summed E-state index contributed by atoms with van der Waals surface area (Å²) >= 11 is 0. The smallest absolute Gasteiger partial charge is 0.166 e. The minimum absolute atomic E-state index is 1.10. The quantitative estimate of drug-likeness (QED) is 0.530. The van der Waals surface area contributed by atoms with Crippen LogP contribution in [-0.4, -0.2) is 24.9 Å². The van der Waals surface area contributed by atoms with Crippen molar-refractivity contribution in [2.24, 2.45) is 0 Å². The molecule has 0 amide bonds. The Bertz CT molecular complexity index is 511. The van der Waals surface area contributed by atoms with Gasteiger partial charge in [-0.3, -0.25) is 0 Å². The van der Waals surface area contributed by atoms with E-state index in [2.05, 4.69) is 68.2 Å². The van der Waals surface area contributed by atoms with Gasteiger partial charge >= 0.3 is 0 Å². The van der Waals surface area contributed by atoms with Gasteiger partial charge in [-0.2, -0.15) is 0 Å². The summed E-state index contributed by atoms with van der Waals surface area (Å²) < 4.78 is 2.13. The van der Waals surface area contributed by atoms with Crippen molar-refractivity contribution in [1.82, 2.24) is 0 Å². The fourth-order valence-corrected chi connectivity index (χ4v) is 2.36. The van der Waals surface area contributed by atoms with E-state index >= 15 is 0 Å². The molecule has 100 valence electrons. The van der Waals surface area contributed by atoms with Crippen molar-refractivity contribution in [2.45, 2.75) is 32.6 Å². The molecular weight excluding hydrogens is 230 g/mol. The van der Waals surface area contributed by atoms with E-state index in [1.165, 1.54) is 22.3 Å². The highest BCUT2D eigenvalue weighted by Gasteiger charge is 2.03. The van der Waals surface area contributed by atoms with Crippen LogP contribution in [0.25, 0.3) is 0 Å². The summed E-state index contributed by atoms with van der Waals surface area (Å²) in [6.07, 6.45) is 11.3. The molecule has 2 aliphatic carbocycles. The first-order valence-corrected chi connectivity index (χ1v) is 7.09. The zero-order chi connectivity index (χ0) is 13.7.